The molecule has 1 aromatic carbocycles. The summed E-state index contributed by atoms with van der Waals surface area (Å²) in [4.78, 5) is 8.70. The molecule has 0 aliphatic rings. The fourth-order valence-corrected chi connectivity index (χ4v) is 2.09. The van der Waals surface area contributed by atoms with E-state index in [4.69, 9.17) is 5.84 Å². The zero-order valence-electron chi connectivity index (χ0n) is 9.96. The Morgan fingerprint density at radius 2 is 2.00 bits per heavy atom. The molecule has 94 valence electrons. The van der Waals surface area contributed by atoms with Crippen LogP contribution >= 0.6 is 15.9 Å². The van der Waals surface area contributed by atoms with Gasteiger partial charge in [-0.3, -0.25) is 0 Å². The van der Waals surface area contributed by atoms with E-state index in [1.54, 1.807) is 6.07 Å². The molecule has 18 heavy (non-hydrogen) atoms. The number of benzene rings is 1. The molecule has 2 aromatic rings. The van der Waals surface area contributed by atoms with Crippen molar-refractivity contribution >= 4 is 21.7 Å². The summed E-state index contributed by atoms with van der Waals surface area (Å²) in [7, 11) is 0. The number of nitrogens with zero attached hydrogens (tertiary/aromatic N) is 2. The lowest BCUT2D eigenvalue weighted by molar-refractivity contribution is 0.627. The summed E-state index contributed by atoms with van der Waals surface area (Å²) in [5.41, 5.74) is 4.97. The van der Waals surface area contributed by atoms with Gasteiger partial charge in [-0.15, -0.1) is 0 Å². The lowest BCUT2D eigenvalue weighted by atomic mass is 10.2. The summed E-state index contributed by atoms with van der Waals surface area (Å²) in [6.07, 6.45) is 0. The number of rotatable bonds is 2. The molecule has 0 fully saturated rings. The number of nitrogens with one attached hydrogen (secondary N) is 1. The summed E-state index contributed by atoms with van der Waals surface area (Å²) in [5.74, 6) is 6.17. The van der Waals surface area contributed by atoms with Crippen molar-refractivity contribution in [1.29, 1.82) is 0 Å². The number of nitrogen functional groups attached to an aromatic ring is 1. The van der Waals surface area contributed by atoms with Crippen molar-refractivity contribution in [1.82, 2.24) is 9.97 Å². The summed E-state index contributed by atoms with van der Waals surface area (Å²) in [6, 6.07) is 4.38. The van der Waals surface area contributed by atoms with Gasteiger partial charge in [0.1, 0.15) is 11.6 Å². The highest BCUT2D eigenvalue weighted by Gasteiger charge is 2.11. The maximum absolute atomic E-state index is 13.0. The van der Waals surface area contributed by atoms with Gasteiger partial charge in [-0.1, -0.05) is 0 Å². The van der Waals surface area contributed by atoms with E-state index in [0.29, 0.717) is 16.1 Å². The van der Waals surface area contributed by atoms with Crippen LogP contribution in [0.5, 0.6) is 0 Å². The summed E-state index contributed by atoms with van der Waals surface area (Å²) < 4.78 is 13.7. The average molecular weight is 311 g/mol. The van der Waals surface area contributed by atoms with Gasteiger partial charge >= 0.3 is 0 Å². The van der Waals surface area contributed by atoms with Crippen LogP contribution in [0.3, 0.4) is 0 Å². The molecule has 6 heteroatoms. The molecule has 0 aliphatic carbocycles. The molecule has 0 bridgehead atoms. The van der Waals surface area contributed by atoms with Crippen molar-refractivity contribution in [2.45, 2.75) is 13.8 Å². The van der Waals surface area contributed by atoms with Crippen molar-refractivity contribution in [3.05, 3.63) is 39.7 Å². The second-order valence-corrected chi connectivity index (χ2v) is 4.73. The maximum Gasteiger partial charge on any atom is 0.162 e. The lowest BCUT2D eigenvalue weighted by Crippen LogP contribution is -2.12. The zero-order chi connectivity index (χ0) is 13.3. The highest BCUT2D eigenvalue weighted by Crippen LogP contribution is 2.28. The number of hydrogen-bond acceptors (Lipinski definition) is 4. The van der Waals surface area contributed by atoms with Crippen LogP contribution in [0.1, 0.15) is 11.3 Å². The van der Waals surface area contributed by atoms with Crippen LogP contribution in [0.4, 0.5) is 10.2 Å². The molecule has 0 spiro atoms. The molecule has 1 aromatic heterocycles. The van der Waals surface area contributed by atoms with Gasteiger partial charge in [0.15, 0.2) is 5.82 Å². The van der Waals surface area contributed by atoms with E-state index < -0.39 is 0 Å². The molecule has 4 nitrogen and oxygen atoms in total. The second kappa shape index (κ2) is 4.99. The smallest absolute Gasteiger partial charge is 0.162 e. The highest BCUT2D eigenvalue weighted by atomic mass is 79.9. The molecule has 0 atom stereocenters. The molecule has 0 saturated carbocycles. The number of aromatic nitrogens is 2. The summed E-state index contributed by atoms with van der Waals surface area (Å²) in [5, 5.41) is 0. The number of nitrogens with two attached hydrogens (primary N) is 1. The van der Waals surface area contributed by atoms with Crippen molar-refractivity contribution in [3.63, 3.8) is 0 Å². The van der Waals surface area contributed by atoms with E-state index in [0.717, 1.165) is 16.8 Å². The molecule has 2 rings (SSSR count). The van der Waals surface area contributed by atoms with Gasteiger partial charge in [0, 0.05) is 21.3 Å². The predicted molar refractivity (Wildman–Crippen MR) is 72.4 cm³/mol. The number of hydrogen-bond donors (Lipinski definition) is 2. The molecule has 0 unspecified atom stereocenters. The van der Waals surface area contributed by atoms with Gasteiger partial charge in [0.25, 0.3) is 0 Å². The van der Waals surface area contributed by atoms with Crippen LogP contribution in [0.15, 0.2) is 22.7 Å². The SMILES string of the molecule is Cc1nc(-c2ccc(F)cc2Br)nc(NN)c1C. The Morgan fingerprint density at radius 3 is 2.61 bits per heavy atom. The third kappa shape index (κ3) is 2.34. The molecule has 0 saturated heterocycles. The molecule has 3 N–H and O–H groups in total. The van der Waals surface area contributed by atoms with Crippen LogP contribution in [0.25, 0.3) is 11.4 Å². The molecule has 0 aliphatic heterocycles. The van der Waals surface area contributed by atoms with Gasteiger partial charge in [-0.05, 0) is 48.0 Å². The first-order valence-corrected chi connectivity index (χ1v) is 6.09. The Labute approximate surface area is 113 Å². The van der Waals surface area contributed by atoms with E-state index in [1.807, 2.05) is 13.8 Å². The number of aryl methyl sites for hydroxylation is 1. The van der Waals surface area contributed by atoms with Crippen molar-refractivity contribution in [2.75, 3.05) is 5.43 Å². The first-order valence-electron chi connectivity index (χ1n) is 5.30. The van der Waals surface area contributed by atoms with Crippen molar-refractivity contribution < 1.29 is 4.39 Å². The predicted octanol–water partition coefficient (Wildman–Crippen LogP) is 2.95. The van der Waals surface area contributed by atoms with Gasteiger partial charge in [0.05, 0.1) is 0 Å². The molecule has 0 radical (unpaired) electrons. The normalized spacial score (nSPS) is 10.5. The maximum atomic E-state index is 13.0. The van der Waals surface area contributed by atoms with Crippen LogP contribution in [0.2, 0.25) is 0 Å². The first-order chi connectivity index (χ1) is 8.52. The average Bonchev–Trinajstić information content (AvgIpc) is 2.32. The van der Waals surface area contributed by atoms with E-state index in [2.05, 4.69) is 31.3 Å². The number of halogens is 2. The van der Waals surface area contributed by atoms with E-state index in [-0.39, 0.29) is 5.82 Å². The highest BCUT2D eigenvalue weighted by molar-refractivity contribution is 9.10. The van der Waals surface area contributed by atoms with Gasteiger partial charge in [0.2, 0.25) is 0 Å². The minimum Gasteiger partial charge on any atom is -0.308 e. The Balaban J connectivity index is 2.60. The third-order valence-electron chi connectivity index (χ3n) is 2.70. The minimum absolute atomic E-state index is 0.313. The molecular weight excluding hydrogens is 299 g/mol. The fourth-order valence-electron chi connectivity index (χ4n) is 1.56. The van der Waals surface area contributed by atoms with Crippen LogP contribution in [-0.2, 0) is 0 Å². The Kier molecular flexibility index (Phi) is 3.58. The Hall–Kier alpha value is -1.53. The molecular formula is C12H12BrFN4. The van der Waals surface area contributed by atoms with E-state index in [9.17, 15) is 4.39 Å². The van der Waals surface area contributed by atoms with Crippen molar-refractivity contribution in [3.8, 4) is 11.4 Å². The third-order valence-corrected chi connectivity index (χ3v) is 3.35. The molecule has 0 amide bonds. The monoisotopic (exact) mass is 310 g/mol. The lowest BCUT2D eigenvalue weighted by Gasteiger charge is -2.10. The van der Waals surface area contributed by atoms with Crippen LogP contribution < -0.4 is 11.3 Å². The Morgan fingerprint density at radius 1 is 1.28 bits per heavy atom. The van der Waals surface area contributed by atoms with Gasteiger partial charge < -0.3 is 5.43 Å². The number of hydrazine groups is 1. The van der Waals surface area contributed by atoms with Crippen LogP contribution in [-0.4, -0.2) is 9.97 Å². The quantitative estimate of drug-likeness (QED) is 0.661. The summed E-state index contributed by atoms with van der Waals surface area (Å²) >= 11 is 3.30. The Bertz CT molecular complexity index is 601. The van der Waals surface area contributed by atoms with Crippen LogP contribution in [0, 0.1) is 19.7 Å². The number of anilines is 1. The molecule has 1 heterocycles. The second-order valence-electron chi connectivity index (χ2n) is 3.87. The van der Waals surface area contributed by atoms with Crippen molar-refractivity contribution in [2.24, 2.45) is 5.84 Å². The van der Waals surface area contributed by atoms with Gasteiger partial charge in [-0.2, -0.15) is 0 Å². The minimum atomic E-state index is -0.313. The van der Waals surface area contributed by atoms with Gasteiger partial charge in [-0.25, -0.2) is 20.2 Å². The fraction of sp³-hybridized carbons (Fsp3) is 0.167. The zero-order valence-corrected chi connectivity index (χ0v) is 11.5. The summed E-state index contributed by atoms with van der Waals surface area (Å²) in [6.45, 7) is 3.76. The standard InChI is InChI=1S/C12H12BrFN4/c1-6-7(2)16-12(17-11(6)18-15)9-4-3-8(14)5-10(9)13/h3-5H,15H2,1-2H3,(H,16,17,18). The van der Waals surface area contributed by atoms with E-state index in [1.165, 1.54) is 12.1 Å². The first kappa shape index (κ1) is 12.9. The largest absolute Gasteiger partial charge is 0.308 e. The van der Waals surface area contributed by atoms with E-state index >= 15 is 0 Å². The topological polar surface area (TPSA) is 63.8 Å².